The second kappa shape index (κ2) is 10.0. The Morgan fingerprint density at radius 3 is 2.26 bits per heavy atom. The Bertz CT molecular complexity index is 691. The molecule has 0 saturated carbocycles. The molecule has 23 heavy (non-hydrogen) atoms. The number of esters is 2. The van der Waals surface area contributed by atoms with Gasteiger partial charge in [0.25, 0.3) is 0 Å². The van der Waals surface area contributed by atoms with Crippen molar-refractivity contribution in [3.8, 4) is 0 Å². The van der Waals surface area contributed by atoms with Gasteiger partial charge in [-0.05, 0) is 31.3 Å². The lowest BCUT2D eigenvalue weighted by atomic mass is 10.0. The SMILES string of the molecule is [2H]c1c([2H])c([2H])c(C(=O)OC(C)C(C)CC)c(C(=O)OCCCCC)c1[2H]. The molecule has 0 aromatic heterocycles. The molecule has 0 aliphatic heterocycles. The molecule has 0 aliphatic rings. The maximum Gasteiger partial charge on any atom is 0.339 e. The first-order valence-corrected chi connectivity index (χ1v) is 8.15. The first-order valence-electron chi connectivity index (χ1n) is 10.2. The highest BCUT2D eigenvalue weighted by Crippen LogP contribution is 2.17. The number of rotatable bonds is 9. The number of hydrogen-bond acceptors (Lipinski definition) is 4. The molecule has 2 unspecified atom stereocenters. The fourth-order valence-electron chi connectivity index (χ4n) is 1.88. The Kier molecular flexibility index (Phi) is 5.93. The molecule has 0 N–H and O–H groups in total. The predicted octanol–water partition coefficient (Wildman–Crippen LogP) is 4.63. The number of benzene rings is 1. The summed E-state index contributed by atoms with van der Waals surface area (Å²) in [5.74, 6) is -1.83. The monoisotopic (exact) mass is 324 g/mol. The highest BCUT2D eigenvalue weighted by Gasteiger charge is 2.22. The summed E-state index contributed by atoms with van der Waals surface area (Å²) in [4.78, 5) is 25.1. The van der Waals surface area contributed by atoms with Crippen LogP contribution in [-0.2, 0) is 9.47 Å². The summed E-state index contributed by atoms with van der Waals surface area (Å²) in [5.41, 5.74) is -0.949. The van der Waals surface area contributed by atoms with E-state index < -0.39 is 53.3 Å². The Balaban J connectivity index is 3.28. The molecule has 2 atom stereocenters. The molecule has 4 heteroatoms. The van der Waals surface area contributed by atoms with Crippen molar-refractivity contribution in [2.75, 3.05) is 6.61 Å². The number of unbranched alkanes of at least 4 members (excludes halogenated alkanes) is 2. The first-order chi connectivity index (χ1) is 12.7. The van der Waals surface area contributed by atoms with Crippen LogP contribution in [0.3, 0.4) is 0 Å². The predicted molar refractivity (Wildman–Crippen MR) is 90.6 cm³/mol. The van der Waals surface area contributed by atoms with Crippen LogP contribution in [0.5, 0.6) is 0 Å². The van der Waals surface area contributed by atoms with Crippen molar-refractivity contribution in [1.82, 2.24) is 0 Å². The zero-order valence-corrected chi connectivity index (χ0v) is 14.3. The normalized spacial score (nSPS) is 15.7. The van der Waals surface area contributed by atoms with Gasteiger partial charge in [0, 0.05) is 0 Å². The molecule has 1 aromatic carbocycles. The van der Waals surface area contributed by atoms with Crippen LogP contribution in [0.4, 0.5) is 0 Å². The lowest BCUT2D eigenvalue weighted by Gasteiger charge is -2.19. The van der Waals surface area contributed by atoms with Gasteiger partial charge in [0.05, 0.1) is 23.2 Å². The molecule has 0 saturated heterocycles. The molecule has 1 aromatic rings. The second-order valence-electron chi connectivity index (χ2n) is 5.59. The van der Waals surface area contributed by atoms with Crippen LogP contribution in [0, 0.1) is 5.92 Å². The molecule has 4 nitrogen and oxygen atoms in total. The molecule has 0 aliphatic carbocycles. The van der Waals surface area contributed by atoms with Gasteiger partial charge in [0.1, 0.15) is 6.10 Å². The molecule has 0 radical (unpaired) electrons. The molecule has 128 valence electrons. The van der Waals surface area contributed by atoms with Gasteiger partial charge >= 0.3 is 11.9 Å². The van der Waals surface area contributed by atoms with Crippen LogP contribution in [0.25, 0.3) is 0 Å². The summed E-state index contributed by atoms with van der Waals surface area (Å²) in [7, 11) is 0. The largest absolute Gasteiger partial charge is 0.462 e. The van der Waals surface area contributed by atoms with Gasteiger partial charge < -0.3 is 9.47 Å². The van der Waals surface area contributed by atoms with Crippen molar-refractivity contribution in [1.29, 1.82) is 0 Å². The van der Waals surface area contributed by atoms with Crippen LogP contribution in [0.15, 0.2) is 24.2 Å². The van der Waals surface area contributed by atoms with Gasteiger partial charge in [-0.3, -0.25) is 0 Å². The van der Waals surface area contributed by atoms with E-state index in [-0.39, 0.29) is 12.5 Å². The Hall–Kier alpha value is -1.84. The number of carbonyl (C=O) groups is 2. The summed E-state index contributed by atoms with van der Waals surface area (Å²) < 4.78 is 42.1. The minimum atomic E-state index is -0.949. The molecular weight excluding hydrogens is 292 g/mol. The van der Waals surface area contributed by atoms with Crippen LogP contribution in [0.2, 0.25) is 0 Å². The summed E-state index contributed by atoms with van der Waals surface area (Å²) in [6.07, 6.45) is 2.75. The Morgan fingerprint density at radius 1 is 1.09 bits per heavy atom. The molecule has 0 amide bonds. The third-order valence-corrected chi connectivity index (χ3v) is 3.82. The molecule has 0 heterocycles. The van der Waals surface area contributed by atoms with Crippen molar-refractivity contribution >= 4 is 11.9 Å². The molecular formula is C19H28O4. The standard InChI is InChI=1S/C19H28O4/c1-5-7-10-13-22-18(20)16-11-8-9-12-17(16)19(21)23-15(4)14(3)6-2/h8-9,11-12,14-15H,5-7,10,13H2,1-4H3/i8D,9D,11D,12D. The van der Waals surface area contributed by atoms with Gasteiger partial charge in [-0.1, -0.05) is 52.1 Å². The van der Waals surface area contributed by atoms with E-state index in [1.807, 2.05) is 20.8 Å². The smallest absolute Gasteiger partial charge is 0.339 e. The lowest BCUT2D eigenvalue weighted by molar-refractivity contribution is 0.0206. The van der Waals surface area contributed by atoms with E-state index in [0.717, 1.165) is 19.3 Å². The first kappa shape index (κ1) is 13.6. The molecule has 0 fully saturated rings. The number of ether oxygens (including phenoxy) is 2. The average molecular weight is 324 g/mol. The third kappa shape index (κ3) is 6.05. The molecule has 1 rings (SSSR count). The minimum Gasteiger partial charge on any atom is -0.462 e. The fraction of sp³-hybridized carbons (Fsp3) is 0.579. The topological polar surface area (TPSA) is 52.6 Å². The van der Waals surface area contributed by atoms with E-state index in [1.54, 1.807) is 6.92 Å². The summed E-state index contributed by atoms with van der Waals surface area (Å²) in [6.45, 7) is 7.68. The maximum atomic E-state index is 12.6. The van der Waals surface area contributed by atoms with Crippen molar-refractivity contribution < 1.29 is 24.5 Å². The van der Waals surface area contributed by atoms with Gasteiger partial charge in [0.15, 0.2) is 0 Å². The summed E-state index contributed by atoms with van der Waals surface area (Å²) >= 11 is 0. The summed E-state index contributed by atoms with van der Waals surface area (Å²) in [5, 5.41) is 0. The molecule has 0 spiro atoms. The summed E-state index contributed by atoms with van der Waals surface area (Å²) in [6, 6.07) is -2.38. The van der Waals surface area contributed by atoms with Crippen LogP contribution < -0.4 is 0 Å². The second-order valence-corrected chi connectivity index (χ2v) is 5.59. The lowest BCUT2D eigenvalue weighted by Crippen LogP contribution is -2.23. The van der Waals surface area contributed by atoms with E-state index in [0.29, 0.717) is 6.42 Å². The van der Waals surface area contributed by atoms with E-state index in [2.05, 4.69) is 0 Å². The van der Waals surface area contributed by atoms with Crippen molar-refractivity contribution in [3.63, 3.8) is 0 Å². The van der Waals surface area contributed by atoms with Crippen molar-refractivity contribution in [2.45, 2.75) is 59.5 Å². The van der Waals surface area contributed by atoms with Crippen LogP contribution >= 0.6 is 0 Å². The average Bonchev–Trinajstić information content (AvgIpc) is 2.64. The minimum absolute atomic E-state index is 0.0639. The molecule has 0 bridgehead atoms. The highest BCUT2D eigenvalue weighted by molar-refractivity contribution is 6.03. The Labute approximate surface area is 144 Å². The number of hydrogen-bond donors (Lipinski definition) is 0. The van der Waals surface area contributed by atoms with Gasteiger partial charge in [0.2, 0.25) is 0 Å². The van der Waals surface area contributed by atoms with E-state index in [9.17, 15) is 9.59 Å². The van der Waals surface area contributed by atoms with E-state index in [1.165, 1.54) is 0 Å². The fourth-order valence-corrected chi connectivity index (χ4v) is 1.88. The zero-order valence-electron chi connectivity index (χ0n) is 18.3. The highest BCUT2D eigenvalue weighted by atomic mass is 16.5. The Morgan fingerprint density at radius 2 is 1.70 bits per heavy atom. The van der Waals surface area contributed by atoms with Gasteiger partial charge in [-0.2, -0.15) is 0 Å². The zero-order chi connectivity index (χ0) is 20.7. The third-order valence-electron chi connectivity index (χ3n) is 3.82. The number of carbonyl (C=O) groups excluding carboxylic acids is 2. The van der Waals surface area contributed by atoms with Gasteiger partial charge in [-0.25, -0.2) is 9.59 Å². The van der Waals surface area contributed by atoms with E-state index in [4.69, 9.17) is 15.0 Å². The van der Waals surface area contributed by atoms with Crippen LogP contribution in [-0.4, -0.2) is 24.6 Å². The quantitative estimate of drug-likeness (QED) is 0.491. The van der Waals surface area contributed by atoms with Crippen molar-refractivity contribution in [2.24, 2.45) is 5.92 Å². The van der Waals surface area contributed by atoms with Crippen LogP contribution in [0.1, 0.15) is 79.6 Å². The van der Waals surface area contributed by atoms with E-state index >= 15 is 0 Å². The maximum absolute atomic E-state index is 12.6. The van der Waals surface area contributed by atoms with Crippen molar-refractivity contribution in [3.05, 3.63) is 35.3 Å². The van der Waals surface area contributed by atoms with Gasteiger partial charge in [-0.15, -0.1) is 0 Å².